The van der Waals surface area contributed by atoms with Crippen LogP contribution in [0.3, 0.4) is 0 Å². The average Bonchev–Trinajstić information content (AvgIpc) is 3.67. The third-order valence-corrected chi connectivity index (χ3v) is 6.57. The number of ether oxygens (including phenoxy) is 1. The number of aromatic nitrogens is 1. The molecule has 168 valence electrons. The summed E-state index contributed by atoms with van der Waals surface area (Å²) < 4.78 is 5.06. The van der Waals surface area contributed by atoms with Gasteiger partial charge in [-0.1, -0.05) is 31.2 Å². The zero-order chi connectivity index (χ0) is 22.7. The number of piperazine rings is 1. The van der Waals surface area contributed by atoms with Crippen molar-refractivity contribution < 1.29 is 9.53 Å². The second-order valence-electron chi connectivity index (χ2n) is 8.81. The molecule has 0 spiro atoms. The number of rotatable bonds is 7. The summed E-state index contributed by atoms with van der Waals surface area (Å²) in [6.07, 6.45) is 3.65. The number of nitrogens with zero attached hydrogens (tertiary/aromatic N) is 4. The summed E-state index contributed by atoms with van der Waals surface area (Å²) in [5.74, 6) is 1.36. The van der Waals surface area contributed by atoms with Crippen molar-refractivity contribution in [2.75, 3.05) is 38.3 Å². The number of hydrogen-bond acceptors (Lipinski definition) is 5. The molecule has 1 aromatic heterocycles. The average molecular weight is 433 g/mol. The fraction of sp³-hybridized carbons (Fsp3) is 0.500. The van der Waals surface area contributed by atoms with Gasteiger partial charge in [-0.2, -0.15) is 5.26 Å². The van der Waals surface area contributed by atoms with Gasteiger partial charge in [-0.25, -0.2) is 4.98 Å². The third kappa shape index (κ3) is 4.49. The topological polar surface area (TPSA) is 69.5 Å². The number of methoxy groups -OCH3 is 1. The Bertz CT molecular complexity index is 1020. The van der Waals surface area contributed by atoms with Crippen LogP contribution in [0.2, 0.25) is 0 Å². The number of carbonyl (C=O) groups excluding carboxylic acids is 1. The Morgan fingerprint density at radius 2 is 2.03 bits per heavy atom. The minimum absolute atomic E-state index is 0.0614. The van der Waals surface area contributed by atoms with Crippen molar-refractivity contribution in [1.29, 1.82) is 5.26 Å². The predicted molar refractivity (Wildman–Crippen MR) is 126 cm³/mol. The van der Waals surface area contributed by atoms with Gasteiger partial charge >= 0.3 is 0 Å². The first-order valence-corrected chi connectivity index (χ1v) is 11.6. The van der Waals surface area contributed by atoms with Crippen molar-refractivity contribution in [1.82, 2.24) is 9.88 Å². The van der Waals surface area contributed by atoms with E-state index >= 15 is 0 Å². The third-order valence-electron chi connectivity index (χ3n) is 6.57. The molecule has 1 aliphatic heterocycles. The molecule has 1 amide bonds. The van der Waals surface area contributed by atoms with Crippen LogP contribution in [-0.2, 0) is 16.0 Å². The van der Waals surface area contributed by atoms with E-state index in [0.29, 0.717) is 44.1 Å². The normalized spacial score (nSPS) is 18.5. The first kappa shape index (κ1) is 22.3. The van der Waals surface area contributed by atoms with E-state index in [-0.39, 0.29) is 11.9 Å². The summed E-state index contributed by atoms with van der Waals surface area (Å²) in [5, 5.41) is 10.0. The van der Waals surface area contributed by atoms with Crippen molar-refractivity contribution in [3.8, 4) is 17.2 Å². The highest BCUT2D eigenvalue weighted by molar-refractivity contribution is 5.77. The van der Waals surface area contributed by atoms with Gasteiger partial charge < -0.3 is 14.5 Å². The molecule has 2 fully saturated rings. The monoisotopic (exact) mass is 432 g/mol. The van der Waals surface area contributed by atoms with E-state index in [1.54, 1.807) is 7.11 Å². The number of amides is 1. The zero-order valence-corrected chi connectivity index (χ0v) is 19.3. The number of pyridine rings is 1. The summed E-state index contributed by atoms with van der Waals surface area (Å²) >= 11 is 0. The Balaban J connectivity index is 1.65. The van der Waals surface area contributed by atoms with Gasteiger partial charge in [0.1, 0.15) is 11.9 Å². The number of carbonyl (C=O) groups is 1. The number of aryl methyl sites for hydroxylation is 1. The lowest BCUT2D eigenvalue weighted by Gasteiger charge is -2.41. The Hall–Kier alpha value is -2.91. The number of anilines is 1. The van der Waals surface area contributed by atoms with E-state index in [1.807, 2.05) is 11.0 Å². The number of benzene rings is 1. The van der Waals surface area contributed by atoms with Crippen LogP contribution in [0.1, 0.15) is 55.8 Å². The van der Waals surface area contributed by atoms with E-state index in [4.69, 9.17) is 9.72 Å². The molecule has 1 saturated heterocycles. The molecule has 32 heavy (non-hydrogen) atoms. The Morgan fingerprint density at radius 3 is 2.69 bits per heavy atom. The molecular formula is C26H32N4O2. The van der Waals surface area contributed by atoms with Gasteiger partial charge in [-0.15, -0.1) is 0 Å². The highest BCUT2D eigenvalue weighted by Crippen LogP contribution is 2.45. The van der Waals surface area contributed by atoms with Gasteiger partial charge in [0.05, 0.1) is 24.3 Å². The highest BCUT2D eigenvalue weighted by atomic mass is 16.5. The fourth-order valence-electron chi connectivity index (χ4n) is 4.67. The van der Waals surface area contributed by atoms with E-state index in [9.17, 15) is 10.1 Å². The molecule has 2 aliphatic rings. The lowest BCUT2D eigenvalue weighted by molar-refractivity contribution is -0.134. The van der Waals surface area contributed by atoms with Crippen molar-refractivity contribution >= 4 is 11.7 Å². The summed E-state index contributed by atoms with van der Waals surface area (Å²) in [6, 6.07) is 13.0. The molecule has 6 nitrogen and oxygen atoms in total. The SMILES string of the molecule is CCc1ccccc1-c1cc(C#N)c(N2CCN(C(=O)CCOC)[C@H](C)C2)nc1C1CC1. The van der Waals surface area contributed by atoms with Crippen molar-refractivity contribution in [3.05, 3.63) is 47.2 Å². The summed E-state index contributed by atoms with van der Waals surface area (Å²) in [6.45, 7) is 6.66. The molecule has 0 bridgehead atoms. The maximum Gasteiger partial charge on any atom is 0.225 e. The molecule has 0 N–H and O–H groups in total. The van der Waals surface area contributed by atoms with Crippen LogP contribution in [0.4, 0.5) is 5.82 Å². The molecule has 6 heteroatoms. The van der Waals surface area contributed by atoms with E-state index in [2.05, 4.69) is 49.1 Å². The highest BCUT2D eigenvalue weighted by Gasteiger charge is 2.33. The maximum atomic E-state index is 12.5. The molecule has 2 heterocycles. The Kier molecular flexibility index (Phi) is 6.76. The lowest BCUT2D eigenvalue weighted by Crippen LogP contribution is -2.54. The fourth-order valence-corrected chi connectivity index (χ4v) is 4.67. The van der Waals surface area contributed by atoms with Crippen LogP contribution in [0.25, 0.3) is 11.1 Å². The number of hydrogen-bond donors (Lipinski definition) is 0. The first-order chi connectivity index (χ1) is 15.6. The van der Waals surface area contributed by atoms with Gasteiger partial charge in [0.2, 0.25) is 5.91 Å². The largest absolute Gasteiger partial charge is 0.384 e. The quantitative estimate of drug-likeness (QED) is 0.658. The molecule has 1 aromatic carbocycles. The lowest BCUT2D eigenvalue weighted by atomic mass is 9.94. The van der Waals surface area contributed by atoms with Gasteiger partial charge in [0, 0.05) is 44.3 Å². The zero-order valence-electron chi connectivity index (χ0n) is 19.3. The second-order valence-corrected chi connectivity index (χ2v) is 8.81. The predicted octanol–water partition coefficient (Wildman–Crippen LogP) is 4.13. The standard InChI is InChI=1S/C26H32N4O2/c1-4-19-7-5-6-8-22(19)23-15-21(16-27)26(28-25(23)20-9-10-20)29-12-13-30(18(2)17-29)24(31)11-14-32-3/h5-8,15,18,20H,4,9-14,17H2,1-3H3/t18-/m1/s1. The molecular weight excluding hydrogens is 400 g/mol. The minimum atomic E-state index is 0.0614. The van der Waals surface area contributed by atoms with Crippen LogP contribution in [0.15, 0.2) is 30.3 Å². The van der Waals surface area contributed by atoms with Gasteiger partial charge in [-0.05, 0) is 43.4 Å². The maximum absolute atomic E-state index is 12.5. The van der Waals surface area contributed by atoms with Crippen molar-refractivity contribution in [3.63, 3.8) is 0 Å². The first-order valence-electron chi connectivity index (χ1n) is 11.6. The molecule has 0 radical (unpaired) electrons. The van der Waals surface area contributed by atoms with Gasteiger partial charge in [0.15, 0.2) is 0 Å². The van der Waals surface area contributed by atoms with E-state index in [1.165, 1.54) is 11.1 Å². The Morgan fingerprint density at radius 1 is 1.25 bits per heavy atom. The van der Waals surface area contributed by atoms with Crippen LogP contribution >= 0.6 is 0 Å². The molecule has 1 saturated carbocycles. The molecule has 1 aliphatic carbocycles. The van der Waals surface area contributed by atoms with E-state index < -0.39 is 0 Å². The summed E-state index contributed by atoms with van der Waals surface area (Å²) in [5.41, 5.74) is 5.30. The summed E-state index contributed by atoms with van der Waals surface area (Å²) in [7, 11) is 1.61. The smallest absolute Gasteiger partial charge is 0.225 e. The summed E-state index contributed by atoms with van der Waals surface area (Å²) in [4.78, 5) is 21.7. The molecule has 4 rings (SSSR count). The van der Waals surface area contributed by atoms with Crippen LogP contribution < -0.4 is 4.90 Å². The Labute approximate surface area is 190 Å². The molecule has 2 aromatic rings. The second kappa shape index (κ2) is 9.70. The van der Waals surface area contributed by atoms with Crippen molar-refractivity contribution in [2.24, 2.45) is 0 Å². The van der Waals surface area contributed by atoms with E-state index in [0.717, 1.165) is 36.3 Å². The van der Waals surface area contributed by atoms with Gasteiger partial charge in [0.25, 0.3) is 0 Å². The molecule has 1 atom stereocenters. The van der Waals surface area contributed by atoms with Crippen LogP contribution in [0, 0.1) is 11.3 Å². The minimum Gasteiger partial charge on any atom is -0.384 e. The molecule has 0 unspecified atom stereocenters. The van der Waals surface area contributed by atoms with Crippen molar-refractivity contribution in [2.45, 2.75) is 51.5 Å². The van der Waals surface area contributed by atoms with Crippen LogP contribution in [0.5, 0.6) is 0 Å². The van der Waals surface area contributed by atoms with Crippen LogP contribution in [-0.4, -0.2) is 55.2 Å². The van der Waals surface area contributed by atoms with Gasteiger partial charge in [-0.3, -0.25) is 4.79 Å². The number of nitriles is 1.